The molecule has 0 unspecified atom stereocenters. The van der Waals surface area contributed by atoms with Gasteiger partial charge in [-0.1, -0.05) is 0 Å². The summed E-state index contributed by atoms with van der Waals surface area (Å²) >= 11 is 0. The van der Waals surface area contributed by atoms with Gasteiger partial charge in [-0.2, -0.15) is 0 Å². The Bertz CT molecular complexity index is 300. The maximum absolute atomic E-state index is 11.6. The molecular weight excluding hydrogens is 232 g/mol. The van der Waals surface area contributed by atoms with Gasteiger partial charge in [-0.05, 0) is 52.9 Å². The number of nitrogens with one attached hydrogen (secondary N) is 2. The van der Waals surface area contributed by atoms with E-state index in [0.29, 0.717) is 0 Å². The molecule has 1 saturated carbocycles. The monoisotopic (exact) mass is 256 g/mol. The van der Waals surface area contributed by atoms with E-state index in [1.807, 2.05) is 20.8 Å². The molecule has 104 valence electrons. The molecule has 1 saturated heterocycles. The Labute approximate surface area is 109 Å². The van der Waals surface area contributed by atoms with Crippen LogP contribution in [0.2, 0.25) is 0 Å². The second kappa shape index (κ2) is 5.05. The van der Waals surface area contributed by atoms with Gasteiger partial charge in [0.2, 0.25) is 0 Å². The first kappa shape index (κ1) is 13.6. The minimum Gasteiger partial charge on any atom is -0.443 e. The second-order valence-corrected chi connectivity index (χ2v) is 6.23. The Kier molecular flexibility index (Phi) is 3.82. The molecule has 0 bridgehead atoms. The van der Waals surface area contributed by atoms with Crippen molar-refractivity contribution in [3.05, 3.63) is 0 Å². The molecule has 0 aromatic carbocycles. The van der Waals surface area contributed by atoms with Gasteiger partial charge in [0.05, 0.1) is 11.6 Å². The largest absolute Gasteiger partial charge is 0.443 e. The van der Waals surface area contributed by atoms with E-state index in [1.54, 1.807) is 0 Å². The lowest BCUT2D eigenvalue weighted by molar-refractivity contribution is -0.0163. The van der Waals surface area contributed by atoms with Crippen LogP contribution in [0.4, 0.5) is 4.79 Å². The van der Waals surface area contributed by atoms with Gasteiger partial charge in [0.25, 0.3) is 0 Å². The van der Waals surface area contributed by atoms with E-state index < -0.39 is 11.7 Å². The first-order valence-corrected chi connectivity index (χ1v) is 6.80. The lowest BCUT2D eigenvalue weighted by atomic mass is 9.94. The van der Waals surface area contributed by atoms with E-state index in [1.165, 1.54) is 0 Å². The molecule has 1 aliphatic heterocycles. The molecule has 0 aromatic heterocycles. The zero-order valence-electron chi connectivity index (χ0n) is 11.5. The maximum atomic E-state index is 11.6. The van der Waals surface area contributed by atoms with Crippen molar-refractivity contribution in [3.63, 3.8) is 0 Å². The average Bonchev–Trinajstić information content (AvgIpc) is 2.85. The number of ether oxygens (including phenoxy) is 2. The first-order chi connectivity index (χ1) is 8.41. The number of amides is 1. The first-order valence-electron chi connectivity index (χ1n) is 6.80. The Hall–Kier alpha value is -0.810. The van der Waals surface area contributed by atoms with Crippen LogP contribution < -0.4 is 10.9 Å². The minimum absolute atomic E-state index is 0.0605. The zero-order chi connectivity index (χ0) is 13.2. The highest BCUT2D eigenvalue weighted by Crippen LogP contribution is 2.40. The molecule has 5 heteroatoms. The smallest absolute Gasteiger partial charge is 0.422 e. The van der Waals surface area contributed by atoms with Gasteiger partial charge in [0.15, 0.2) is 0 Å². The molecule has 2 atom stereocenters. The summed E-state index contributed by atoms with van der Waals surface area (Å²) in [6.45, 7) is 6.39. The normalized spacial score (nSPS) is 31.8. The van der Waals surface area contributed by atoms with Crippen molar-refractivity contribution in [1.82, 2.24) is 10.9 Å². The predicted octanol–water partition coefficient (Wildman–Crippen LogP) is 2.12. The van der Waals surface area contributed by atoms with Crippen LogP contribution in [0.1, 0.15) is 52.9 Å². The second-order valence-electron chi connectivity index (χ2n) is 6.23. The summed E-state index contributed by atoms with van der Waals surface area (Å²) in [5.74, 6) is 0. The van der Waals surface area contributed by atoms with Crippen LogP contribution in [-0.2, 0) is 9.47 Å². The number of carbonyl (C=O) groups is 1. The quantitative estimate of drug-likeness (QED) is 0.743. The molecule has 2 fully saturated rings. The molecule has 5 nitrogen and oxygen atoms in total. The lowest BCUT2D eigenvalue weighted by Crippen LogP contribution is -2.54. The van der Waals surface area contributed by atoms with Crippen LogP contribution in [0.5, 0.6) is 0 Å². The summed E-state index contributed by atoms with van der Waals surface area (Å²) < 4.78 is 11.1. The summed E-state index contributed by atoms with van der Waals surface area (Å²) in [5.41, 5.74) is 5.20. The highest BCUT2D eigenvalue weighted by molar-refractivity contribution is 5.67. The van der Waals surface area contributed by atoms with Crippen molar-refractivity contribution < 1.29 is 14.3 Å². The van der Waals surface area contributed by atoms with Gasteiger partial charge in [-0.25, -0.2) is 10.2 Å². The van der Waals surface area contributed by atoms with Gasteiger partial charge in [0, 0.05) is 6.61 Å². The fourth-order valence-corrected chi connectivity index (χ4v) is 2.89. The van der Waals surface area contributed by atoms with Crippen molar-refractivity contribution in [2.45, 2.75) is 70.1 Å². The van der Waals surface area contributed by atoms with Crippen molar-refractivity contribution in [1.29, 1.82) is 0 Å². The van der Waals surface area contributed by atoms with Crippen LogP contribution in [0, 0.1) is 0 Å². The highest BCUT2D eigenvalue weighted by atomic mass is 16.6. The van der Waals surface area contributed by atoms with Crippen molar-refractivity contribution in [3.8, 4) is 0 Å². The van der Waals surface area contributed by atoms with E-state index >= 15 is 0 Å². The minimum atomic E-state index is -0.469. The summed E-state index contributed by atoms with van der Waals surface area (Å²) in [6, 6.07) is 0.201. The molecule has 0 radical (unpaired) electrons. The van der Waals surface area contributed by atoms with Crippen LogP contribution >= 0.6 is 0 Å². The number of carbonyl (C=O) groups excluding carboxylic acids is 1. The number of hydrogen-bond acceptors (Lipinski definition) is 4. The standard InChI is InChI=1S/C13H24N2O3/c1-12(2,3)18-11(16)15-14-10-6-4-7-13(10)8-5-9-17-13/h10,14H,4-9H2,1-3H3,(H,15,16)/t10-,13-/m1/s1. The Balaban J connectivity index is 1.81. The third kappa shape index (κ3) is 3.14. The zero-order valence-corrected chi connectivity index (χ0v) is 11.5. The summed E-state index contributed by atoms with van der Waals surface area (Å²) in [4.78, 5) is 11.6. The lowest BCUT2D eigenvalue weighted by Gasteiger charge is -2.31. The SMILES string of the molecule is CC(C)(C)OC(=O)NN[C@@H]1CCC[C@@]12CCCO2. The molecule has 2 aliphatic rings. The summed E-state index contributed by atoms with van der Waals surface area (Å²) in [5, 5.41) is 0. The van der Waals surface area contributed by atoms with Gasteiger partial charge < -0.3 is 9.47 Å². The van der Waals surface area contributed by atoms with E-state index in [9.17, 15) is 4.79 Å². The molecule has 1 amide bonds. The number of hydrazine groups is 1. The van der Waals surface area contributed by atoms with Crippen LogP contribution in [0.3, 0.4) is 0 Å². The van der Waals surface area contributed by atoms with E-state index in [0.717, 1.165) is 38.7 Å². The highest BCUT2D eigenvalue weighted by Gasteiger charge is 2.46. The van der Waals surface area contributed by atoms with Crippen molar-refractivity contribution in [2.24, 2.45) is 0 Å². The number of hydrogen-bond donors (Lipinski definition) is 2. The molecule has 18 heavy (non-hydrogen) atoms. The average molecular weight is 256 g/mol. The fraction of sp³-hybridized carbons (Fsp3) is 0.923. The molecule has 1 aliphatic carbocycles. The maximum Gasteiger partial charge on any atom is 0.422 e. The summed E-state index contributed by atoms with van der Waals surface area (Å²) in [7, 11) is 0. The van der Waals surface area contributed by atoms with Crippen LogP contribution in [0.25, 0.3) is 0 Å². The van der Waals surface area contributed by atoms with E-state index in [-0.39, 0.29) is 11.6 Å². The van der Waals surface area contributed by atoms with Gasteiger partial charge in [-0.3, -0.25) is 5.43 Å². The van der Waals surface area contributed by atoms with Crippen molar-refractivity contribution in [2.75, 3.05) is 6.61 Å². The van der Waals surface area contributed by atoms with E-state index in [2.05, 4.69) is 10.9 Å². The molecule has 2 N–H and O–H groups in total. The molecule has 1 spiro atoms. The third-order valence-corrected chi connectivity index (χ3v) is 3.61. The van der Waals surface area contributed by atoms with Gasteiger partial charge in [-0.15, -0.1) is 0 Å². The molecular formula is C13H24N2O3. The Morgan fingerprint density at radius 1 is 1.33 bits per heavy atom. The molecule has 2 rings (SSSR count). The summed E-state index contributed by atoms with van der Waals surface area (Å²) in [6.07, 6.45) is 5.04. The Morgan fingerprint density at radius 3 is 2.67 bits per heavy atom. The fourth-order valence-electron chi connectivity index (χ4n) is 2.89. The van der Waals surface area contributed by atoms with E-state index in [4.69, 9.17) is 9.47 Å². The topological polar surface area (TPSA) is 59.6 Å². The molecule has 1 heterocycles. The molecule has 0 aromatic rings. The third-order valence-electron chi connectivity index (χ3n) is 3.61. The van der Waals surface area contributed by atoms with Crippen molar-refractivity contribution >= 4 is 6.09 Å². The van der Waals surface area contributed by atoms with Crippen LogP contribution in [-0.4, -0.2) is 29.9 Å². The Morgan fingerprint density at radius 2 is 2.06 bits per heavy atom. The van der Waals surface area contributed by atoms with Crippen LogP contribution in [0.15, 0.2) is 0 Å². The van der Waals surface area contributed by atoms with Gasteiger partial charge >= 0.3 is 6.09 Å². The number of rotatable bonds is 2. The van der Waals surface area contributed by atoms with Gasteiger partial charge in [0.1, 0.15) is 5.60 Å². The predicted molar refractivity (Wildman–Crippen MR) is 68.1 cm³/mol.